The Bertz CT molecular complexity index is 368. The van der Waals surface area contributed by atoms with E-state index >= 15 is 0 Å². The Morgan fingerprint density at radius 1 is 1.17 bits per heavy atom. The Morgan fingerprint density at radius 3 is 2.50 bits per heavy atom. The minimum absolute atomic E-state index is 0.0488. The number of rotatable bonds is 1. The zero-order chi connectivity index (χ0) is 12.7. The highest BCUT2D eigenvalue weighted by molar-refractivity contribution is 5.79. The van der Waals surface area contributed by atoms with Gasteiger partial charge in [0.2, 0.25) is 0 Å². The van der Waals surface area contributed by atoms with Crippen LogP contribution in [-0.2, 0) is 4.79 Å². The van der Waals surface area contributed by atoms with Gasteiger partial charge in [-0.1, -0.05) is 0 Å². The fraction of sp³-hybridized carbons (Fsp3) is 0.833. The van der Waals surface area contributed by atoms with Crippen LogP contribution < -0.4 is 5.32 Å². The van der Waals surface area contributed by atoms with E-state index in [0.29, 0.717) is 6.42 Å². The van der Waals surface area contributed by atoms with Gasteiger partial charge >= 0.3 is 12.0 Å². The number of aliphatic carboxylic acids is 1. The lowest BCUT2D eigenvalue weighted by molar-refractivity contribution is -0.142. The molecule has 0 spiro atoms. The number of nitrogens with one attached hydrogen (secondary N) is 1. The van der Waals surface area contributed by atoms with E-state index in [1.807, 2.05) is 9.80 Å². The smallest absolute Gasteiger partial charge is 0.320 e. The molecule has 2 bridgehead atoms. The standard InChI is InChI=1S/C12H19N3O3/c16-11(17)9-7-8-1-2-10(9)15(8)12(18)14-5-3-13-4-6-14/h8-10,13H,1-7H2,(H,16,17). The largest absolute Gasteiger partial charge is 0.481 e. The van der Waals surface area contributed by atoms with Crippen molar-refractivity contribution in [3.8, 4) is 0 Å². The van der Waals surface area contributed by atoms with Crippen LogP contribution in [0.3, 0.4) is 0 Å². The van der Waals surface area contributed by atoms with Crippen molar-refractivity contribution in [2.45, 2.75) is 31.3 Å². The van der Waals surface area contributed by atoms with Crippen LogP contribution in [0.15, 0.2) is 0 Å². The highest BCUT2D eigenvalue weighted by atomic mass is 16.4. The molecule has 0 aromatic carbocycles. The number of nitrogens with zero attached hydrogens (tertiary/aromatic N) is 2. The first-order valence-corrected chi connectivity index (χ1v) is 6.69. The number of amides is 2. The summed E-state index contributed by atoms with van der Waals surface area (Å²) < 4.78 is 0. The minimum Gasteiger partial charge on any atom is -0.481 e. The molecule has 3 aliphatic heterocycles. The summed E-state index contributed by atoms with van der Waals surface area (Å²) in [6.07, 6.45) is 2.45. The number of fused-ring (bicyclic) bond motifs is 2. The maximum atomic E-state index is 12.5. The Labute approximate surface area is 106 Å². The summed E-state index contributed by atoms with van der Waals surface area (Å²) >= 11 is 0. The SMILES string of the molecule is O=C(O)C1CC2CCC1N2C(=O)N1CCNCC1. The van der Waals surface area contributed by atoms with Gasteiger partial charge in [0.15, 0.2) is 0 Å². The molecule has 100 valence electrons. The predicted octanol–water partition coefficient (Wildman–Crippen LogP) is -0.0509. The lowest BCUT2D eigenvalue weighted by atomic mass is 9.89. The molecule has 0 aromatic rings. The zero-order valence-electron chi connectivity index (χ0n) is 10.3. The Morgan fingerprint density at radius 2 is 1.89 bits per heavy atom. The zero-order valence-corrected chi connectivity index (χ0v) is 10.3. The number of carboxylic acid groups (broad SMARTS) is 1. The van der Waals surface area contributed by atoms with E-state index in [0.717, 1.165) is 39.0 Å². The van der Waals surface area contributed by atoms with Gasteiger partial charge in [-0.25, -0.2) is 4.79 Å². The molecule has 3 unspecified atom stereocenters. The molecule has 6 nitrogen and oxygen atoms in total. The summed E-state index contributed by atoms with van der Waals surface area (Å²) in [5.41, 5.74) is 0. The Kier molecular flexibility index (Phi) is 2.89. The van der Waals surface area contributed by atoms with Gasteiger partial charge in [-0.2, -0.15) is 0 Å². The van der Waals surface area contributed by atoms with Crippen molar-refractivity contribution in [1.29, 1.82) is 0 Å². The van der Waals surface area contributed by atoms with Crippen molar-refractivity contribution in [2.75, 3.05) is 26.2 Å². The highest BCUT2D eigenvalue weighted by Gasteiger charge is 2.52. The molecule has 0 radical (unpaired) electrons. The molecule has 0 saturated carbocycles. The molecular weight excluding hydrogens is 234 g/mol. The Hall–Kier alpha value is -1.30. The second kappa shape index (κ2) is 4.42. The van der Waals surface area contributed by atoms with Crippen molar-refractivity contribution in [1.82, 2.24) is 15.1 Å². The predicted molar refractivity (Wildman–Crippen MR) is 64.2 cm³/mol. The number of carbonyl (C=O) groups is 2. The van der Waals surface area contributed by atoms with Crippen LogP contribution in [0.5, 0.6) is 0 Å². The normalized spacial score (nSPS) is 35.0. The molecule has 3 saturated heterocycles. The van der Waals surface area contributed by atoms with E-state index in [1.165, 1.54) is 0 Å². The van der Waals surface area contributed by atoms with E-state index in [4.69, 9.17) is 0 Å². The van der Waals surface area contributed by atoms with Crippen LogP contribution in [0.25, 0.3) is 0 Å². The van der Waals surface area contributed by atoms with Crippen LogP contribution in [0, 0.1) is 5.92 Å². The molecule has 3 atom stereocenters. The van der Waals surface area contributed by atoms with Crippen LogP contribution in [0.1, 0.15) is 19.3 Å². The number of carboxylic acids is 1. The molecule has 18 heavy (non-hydrogen) atoms. The monoisotopic (exact) mass is 253 g/mol. The van der Waals surface area contributed by atoms with Gasteiger partial charge in [0.05, 0.1) is 5.92 Å². The summed E-state index contributed by atoms with van der Waals surface area (Å²) in [5.74, 6) is -1.10. The average molecular weight is 253 g/mol. The highest BCUT2D eigenvalue weighted by Crippen LogP contribution is 2.42. The summed E-state index contributed by atoms with van der Waals surface area (Å²) in [7, 11) is 0. The molecule has 3 rings (SSSR count). The lowest BCUT2D eigenvalue weighted by Gasteiger charge is -2.33. The molecule has 3 fully saturated rings. The number of hydrogen-bond donors (Lipinski definition) is 2. The number of carbonyl (C=O) groups excluding carboxylic acids is 1. The number of urea groups is 1. The third kappa shape index (κ3) is 1.75. The first-order chi connectivity index (χ1) is 8.68. The summed E-state index contributed by atoms with van der Waals surface area (Å²) in [6, 6.07) is 0.126. The van der Waals surface area contributed by atoms with Gasteiger partial charge in [-0.05, 0) is 19.3 Å². The molecule has 2 N–H and O–H groups in total. The van der Waals surface area contributed by atoms with Crippen molar-refractivity contribution in [3.63, 3.8) is 0 Å². The number of hydrogen-bond acceptors (Lipinski definition) is 3. The molecular formula is C12H19N3O3. The maximum absolute atomic E-state index is 12.5. The molecule has 2 amide bonds. The van der Waals surface area contributed by atoms with Crippen molar-refractivity contribution in [2.24, 2.45) is 5.92 Å². The molecule has 6 heteroatoms. The van der Waals surface area contributed by atoms with Gasteiger partial charge in [0.1, 0.15) is 0 Å². The second-order valence-corrected chi connectivity index (χ2v) is 5.41. The third-order valence-corrected chi connectivity index (χ3v) is 4.46. The lowest BCUT2D eigenvalue weighted by Crippen LogP contribution is -2.53. The first kappa shape index (κ1) is 11.8. The van der Waals surface area contributed by atoms with E-state index in [1.54, 1.807) is 0 Å². The summed E-state index contributed by atoms with van der Waals surface area (Å²) in [5, 5.41) is 12.4. The topological polar surface area (TPSA) is 72.9 Å². The summed E-state index contributed by atoms with van der Waals surface area (Å²) in [6.45, 7) is 3.12. The van der Waals surface area contributed by atoms with Crippen molar-refractivity contribution >= 4 is 12.0 Å². The third-order valence-electron chi connectivity index (χ3n) is 4.46. The number of piperazine rings is 1. The van der Waals surface area contributed by atoms with E-state index < -0.39 is 5.97 Å². The maximum Gasteiger partial charge on any atom is 0.320 e. The molecule has 3 heterocycles. The molecule has 0 aliphatic carbocycles. The quantitative estimate of drug-likeness (QED) is 0.687. The first-order valence-electron chi connectivity index (χ1n) is 6.69. The van der Waals surface area contributed by atoms with Crippen LogP contribution in [0.2, 0.25) is 0 Å². The Balaban J connectivity index is 1.72. The van der Waals surface area contributed by atoms with E-state index in [2.05, 4.69) is 5.32 Å². The minimum atomic E-state index is -0.750. The fourth-order valence-corrected chi connectivity index (χ4v) is 3.57. The van der Waals surface area contributed by atoms with Gasteiger partial charge < -0.3 is 20.2 Å². The van der Waals surface area contributed by atoms with Gasteiger partial charge in [-0.15, -0.1) is 0 Å². The molecule has 0 aromatic heterocycles. The van der Waals surface area contributed by atoms with Gasteiger partial charge in [0.25, 0.3) is 0 Å². The fourth-order valence-electron chi connectivity index (χ4n) is 3.57. The van der Waals surface area contributed by atoms with Crippen LogP contribution in [0.4, 0.5) is 4.79 Å². The van der Waals surface area contributed by atoms with Crippen LogP contribution in [-0.4, -0.2) is 65.2 Å². The van der Waals surface area contributed by atoms with E-state index in [-0.39, 0.29) is 24.0 Å². The molecule has 3 aliphatic rings. The van der Waals surface area contributed by atoms with Crippen molar-refractivity contribution in [3.05, 3.63) is 0 Å². The average Bonchev–Trinajstić information content (AvgIpc) is 2.96. The summed E-state index contributed by atoms with van der Waals surface area (Å²) in [4.78, 5) is 27.3. The van der Waals surface area contributed by atoms with Crippen molar-refractivity contribution < 1.29 is 14.7 Å². The van der Waals surface area contributed by atoms with Gasteiger partial charge in [0, 0.05) is 38.3 Å². The van der Waals surface area contributed by atoms with Crippen LogP contribution >= 0.6 is 0 Å². The second-order valence-electron chi connectivity index (χ2n) is 5.41. The van der Waals surface area contributed by atoms with E-state index in [9.17, 15) is 14.7 Å². The van der Waals surface area contributed by atoms with Gasteiger partial charge in [-0.3, -0.25) is 4.79 Å².